The average Bonchev–Trinajstić information content (AvgIpc) is 3.02. The van der Waals surface area contributed by atoms with E-state index in [1.165, 1.54) is 21.0 Å². The van der Waals surface area contributed by atoms with E-state index in [-0.39, 0.29) is 42.4 Å². The van der Waals surface area contributed by atoms with Gasteiger partial charge in [0.15, 0.2) is 0 Å². The number of hydrogen-bond acceptors (Lipinski definition) is 8. The van der Waals surface area contributed by atoms with Crippen molar-refractivity contribution >= 4 is 17.9 Å². The molecule has 2 N–H and O–H groups in total. The van der Waals surface area contributed by atoms with Crippen LogP contribution in [0.3, 0.4) is 0 Å². The molecule has 4 aliphatic rings. The van der Waals surface area contributed by atoms with E-state index < -0.39 is 28.0 Å². The van der Waals surface area contributed by atoms with Crippen LogP contribution in [-0.2, 0) is 28.6 Å². The van der Waals surface area contributed by atoms with Crippen molar-refractivity contribution < 1.29 is 38.8 Å². The molecule has 4 saturated carbocycles. The van der Waals surface area contributed by atoms with Crippen LogP contribution in [0.5, 0.6) is 0 Å². The van der Waals surface area contributed by atoms with Gasteiger partial charge in [0.1, 0.15) is 6.10 Å². The molecule has 0 radical (unpaired) electrons. The average molecular weight is 467 g/mol. The number of hydrogen-bond donors (Lipinski definition) is 2. The van der Waals surface area contributed by atoms with Crippen LogP contribution in [-0.4, -0.2) is 59.1 Å². The maximum Gasteiger partial charge on any atom is 0.309 e. The molecule has 186 valence electrons. The molecule has 0 heterocycles. The molecule has 8 heteroatoms. The highest BCUT2D eigenvalue weighted by Crippen LogP contribution is 2.70. The van der Waals surface area contributed by atoms with Crippen LogP contribution in [0.1, 0.15) is 78.6 Å². The van der Waals surface area contributed by atoms with Crippen LogP contribution < -0.4 is 0 Å². The number of esters is 3. The molecule has 8 nitrogen and oxygen atoms in total. The summed E-state index contributed by atoms with van der Waals surface area (Å²) in [6.45, 7) is 4.83. The molecule has 4 fully saturated rings. The third-order valence-electron chi connectivity index (χ3n) is 9.98. The van der Waals surface area contributed by atoms with Gasteiger partial charge in [0.05, 0.1) is 30.8 Å². The number of methoxy groups -OCH3 is 1. The summed E-state index contributed by atoms with van der Waals surface area (Å²) in [5, 5.41) is 24.2. The summed E-state index contributed by atoms with van der Waals surface area (Å²) in [5.74, 6) is -1.57. The highest BCUT2D eigenvalue weighted by Gasteiger charge is 2.72. The van der Waals surface area contributed by atoms with E-state index in [9.17, 15) is 24.6 Å². The number of rotatable bonds is 4. The fraction of sp³-hybridized carbons (Fsp3) is 0.880. The zero-order chi connectivity index (χ0) is 24.2. The molecule has 33 heavy (non-hydrogen) atoms. The lowest BCUT2D eigenvalue weighted by Gasteiger charge is -2.66. The lowest BCUT2D eigenvalue weighted by molar-refractivity contribution is -0.272. The first-order chi connectivity index (χ1) is 15.4. The van der Waals surface area contributed by atoms with Gasteiger partial charge in [-0.3, -0.25) is 14.4 Å². The van der Waals surface area contributed by atoms with Gasteiger partial charge in [-0.2, -0.15) is 0 Å². The maximum absolute atomic E-state index is 12.5. The molecule has 0 spiro atoms. The minimum Gasteiger partial charge on any atom is -0.469 e. The van der Waals surface area contributed by atoms with Crippen molar-refractivity contribution in [2.75, 3.05) is 13.7 Å². The Labute approximate surface area is 195 Å². The predicted octanol–water partition coefficient (Wildman–Crippen LogP) is 2.52. The van der Waals surface area contributed by atoms with Gasteiger partial charge in [-0.25, -0.2) is 0 Å². The normalized spacial score (nSPS) is 46.4. The van der Waals surface area contributed by atoms with E-state index in [4.69, 9.17) is 14.2 Å². The van der Waals surface area contributed by atoms with E-state index in [2.05, 4.69) is 0 Å². The van der Waals surface area contributed by atoms with Crippen molar-refractivity contribution in [1.82, 2.24) is 0 Å². The predicted molar refractivity (Wildman–Crippen MR) is 117 cm³/mol. The standard InChI is InChI=1S/C25H38O8/c1-15(26)32-14-23-10-5-17(33-16(2)27)13-24(23,29)11-7-19-18(23)6-9-22(3)20(21(28)31-4)8-12-25(19,22)30/h17-20,29-30H,5-14H2,1-4H3/t17-,18+,19-,20-,22-,23+,24+,25-/m1/s1. The third-order valence-corrected chi connectivity index (χ3v) is 9.98. The molecule has 0 aromatic rings. The lowest BCUT2D eigenvalue weighted by atomic mass is 9.41. The first-order valence-corrected chi connectivity index (χ1v) is 12.3. The van der Waals surface area contributed by atoms with Crippen molar-refractivity contribution in [2.24, 2.45) is 28.6 Å². The van der Waals surface area contributed by atoms with Crippen molar-refractivity contribution in [3.8, 4) is 0 Å². The second-order valence-electron chi connectivity index (χ2n) is 11.2. The van der Waals surface area contributed by atoms with Crippen LogP contribution >= 0.6 is 0 Å². The molecule has 0 aliphatic heterocycles. The fourth-order valence-corrected chi connectivity index (χ4v) is 8.37. The van der Waals surface area contributed by atoms with Gasteiger partial charge in [-0.05, 0) is 63.2 Å². The van der Waals surface area contributed by atoms with Gasteiger partial charge in [0, 0.05) is 31.1 Å². The summed E-state index contributed by atoms with van der Waals surface area (Å²) >= 11 is 0. The van der Waals surface area contributed by atoms with Gasteiger partial charge >= 0.3 is 17.9 Å². The molecule has 4 aliphatic carbocycles. The number of carbonyl (C=O) groups is 3. The molecule has 0 aromatic heterocycles. The van der Waals surface area contributed by atoms with Crippen LogP contribution in [0.25, 0.3) is 0 Å². The minimum absolute atomic E-state index is 0.0663. The molecule has 0 unspecified atom stereocenters. The number of aliphatic hydroxyl groups is 2. The number of ether oxygens (including phenoxy) is 3. The lowest BCUT2D eigenvalue weighted by Crippen LogP contribution is -2.69. The monoisotopic (exact) mass is 466 g/mol. The zero-order valence-electron chi connectivity index (χ0n) is 20.2. The second kappa shape index (κ2) is 8.22. The maximum atomic E-state index is 12.5. The second-order valence-corrected chi connectivity index (χ2v) is 11.2. The summed E-state index contributed by atoms with van der Waals surface area (Å²) < 4.78 is 16.1. The molecular formula is C25H38O8. The first-order valence-electron chi connectivity index (χ1n) is 12.3. The number of fused-ring (bicyclic) bond motifs is 5. The summed E-state index contributed by atoms with van der Waals surface area (Å²) in [4.78, 5) is 35.9. The molecule has 0 amide bonds. The smallest absolute Gasteiger partial charge is 0.309 e. The Balaban J connectivity index is 1.70. The topological polar surface area (TPSA) is 119 Å². The highest BCUT2D eigenvalue weighted by atomic mass is 16.5. The van der Waals surface area contributed by atoms with Crippen molar-refractivity contribution in [3.05, 3.63) is 0 Å². The summed E-state index contributed by atoms with van der Waals surface area (Å²) in [7, 11) is 1.39. The van der Waals surface area contributed by atoms with Gasteiger partial charge < -0.3 is 24.4 Å². The molecule has 4 rings (SSSR count). The van der Waals surface area contributed by atoms with Crippen LogP contribution in [0.4, 0.5) is 0 Å². The highest BCUT2D eigenvalue weighted by molar-refractivity contribution is 5.74. The van der Waals surface area contributed by atoms with Crippen molar-refractivity contribution in [3.63, 3.8) is 0 Å². The third kappa shape index (κ3) is 3.51. The molecule has 0 bridgehead atoms. The molecular weight excluding hydrogens is 428 g/mol. The SMILES string of the molecule is COC(=O)[C@H]1CC[C@@]2(O)[C@@H]3CC[C@]4(O)C[C@H](OC(C)=O)CC[C@]4(COC(C)=O)[C@H]3CC[C@]12C. The largest absolute Gasteiger partial charge is 0.469 e. The molecule has 8 atom stereocenters. The van der Waals surface area contributed by atoms with Gasteiger partial charge in [0.25, 0.3) is 0 Å². The Morgan fingerprint density at radius 3 is 2.24 bits per heavy atom. The zero-order valence-corrected chi connectivity index (χ0v) is 20.2. The van der Waals surface area contributed by atoms with Gasteiger partial charge in [0.2, 0.25) is 0 Å². The fourth-order valence-electron chi connectivity index (χ4n) is 8.37. The molecule has 0 saturated heterocycles. The molecule has 0 aromatic carbocycles. The first kappa shape index (κ1) is 24.5. The Kier molecular flexibility index (Phi) is 6.09. The minimum atomic E-state index is -1.16. The van der Waals surface area contributed by atoms with E-state index in [1.807, 2.05) is 6.92 Å². The van der Waals surface area contributed by atoms with E-state index in [0.717, 1.165) is 6.42 Å². The Morgan fingerprint density at radius 2 is 1.61 bits per heavy atom. The van der Waals surface area contributed by atoms with Gasteiger partial charge in [-0.1, -0.05) is 6.92 Å². The van der Waals surface area contributed by atoms with Crippen LogP contribution in [0, 0.1) is 28.6 Å². The summed E-state index contributed by atoms with van der Waals surface area (Å²) in [6.07, 6.45) is 4.54. The Hall–Kier alpha value is -1.67. The van der Waals surface area contributed by atoms with Crippen molar-refractivity contribution in [2.45, 2.75) is 95.9 Å². The van der Waals surface area contributed by atoms with Crippen LogP contribution in [0.2, 0.25) is 0 Å². The van der Waals surface area contributed by atoms with E-state index in [0.29, 0.717) is 51.4 Å². The number of carbonyl (C=O) groups excluding carboxylic acids is 3. The Morgan fingerprint density at radius 1 is 0.909 bits per heavy atom. The quantitative estimate of drug-likeness (QED) is 0.479. The summed E-state index contributed by atoms with van der Waals surface area (Å²) in [6, 6.07) is 0. The van der Waals surface area contributed by atoms with E-state index >= 15 is 0 Å². The van der Waals surface area contributed by atoms with Crippen molar-refractivity contribution in [1.29, 1.82) is 0 Å². The summed E-state index contributed by atoms with van der Waals surface area (Å²) in [5.41, 5.74) is -3.52. The van der Waals surface area contributed by atoms with Gasteiger partial charge in [-0.15, -0.1) is 0 Å². The van der Waals surface area contributed by atoms with Crippen LogP contribution in [0.15, 0.2) is 0 Å². The Bertz CT molecular complexity index is 827. The van der Waals surface area contributed by atoms with E-state index in [1.54, 1.807) is 0 Å².